The van der Waals surface area contributed by atoms with Gasteiger partial charge in [-0.25, -0.2) is 22.8 Å². The first-order chi connectivity index (χ1) is 36.5. The van der Waals surface area contributed by atoms with Crippen LogP contribution in [0.4, 0.5) is 56.9 Å². The molecule has 6 aromatic carbocycles. The molecule has 4 aliphatic heterocycles. The highest BCUT2D eigenvalue weighted by Gasteiger charge is 2.48. The molecule has 390 valence electrons. The summed E-state index contributed by atoms with van der Waals surface area (Å²) >= 11 is 0. The molecular weight excluding hydrogens is 978 g/mol. The molecule has 2 N–H and O–H groups in total. The van der Waals surface area contributed by atoms with E-state index in [0.717, 1.165) is 45.8 Å². The third kappa shape index (κ3) is 9.72. The number of aliphatic carboxylic acids is 2. The molecule has 0 saturated carbocycles. The molecule has 0 spiro atoms. The Hall–Kier alpha value is -8.47. The summed E-state index contributed by atoms with van der Waals surface area (Å²) in [4.78, 5) is 92.0. The van der Waals surface area contributed by atoms with E-state index in [1.165, 1.54) is 58.3 Å². The normalized spacial score (nSPS) is 17.4. The molecule has 14 nitrogen and oxygen atoms in total. The molecular formula is C59H55F3N6O8. The molecule has 1 unspecified atom stereocenters. The number of fused-ring (bicyclic) bond motifs is 2. The number of carbonyl (C=O) groups is 6. The number of piperidine rings is 2. The van der Waals surface area contributed by atoms with Crippen LogP contribution in [0.5, 0.6) is 0 Å². The average molecular weight is 1030 g/mol. The fourth-order valence-electron chi connectivity index (χ4n) is 11.4. The standard InChI is InChI=1S/C59H55F3N6O8/c1-38-17-18-39-21-26-65(51(39)31-38)56(75)63-27-22-59(23-28-63,55(73)74)36-53(70)68(43-11-3-2-4-12-43)50-20-19-40(32-48(50)62)47-37-66(49-16-6-5-15-46(47)49)57(76)64-29-24-58(25-30-64,54(71)72)35-52(69)67(44-13-7-9-41(60)33-44)45-14-8-10-42(61)34-45/h2-20,31-34,47H,21-30,35-37H2,1H3,(H,71,72)(H,73,74). The van der Waals surface area contributed by atoms with Gasteiger partial charge in [0.25, 0.3) is 0 Å². The lowest BCUT2D eigenvalue weighted by Crippen LogP contribution is -2.52. The van der Waals surface area contributed by atoms with Crippen molar-refractivity contribution in [3.63, 3.8) is 0 Å². The number of carboxylic acid groups (broad SMARTS) is 2. The fourth-order valence-corrected chi connectivity index (χ4v) is 11.4. The zero-order chi connectivity index (χ0) is 53.5. The van der Waals surface area contributed by atoms with Crippen molar-refractivity contribution < 1.29 is 52.2 Å². The van der Waals surface area contributed by atoms with Crippen molar-refractivity contribution in [2.75, 3.05) is 58.9 Å². The van der Waals surface area contributed by atoms with Crippen molar-refractivity contribution in [2.45, 2.75) is 57.8 Å². The third-order valence-corrected chi connectivity index (χ3v) is 15.7. The summed E-state index contributed by atoms with van der Waals surface area (Å²) < 4.78 is 45.8. The lowest BCUT2D eigenvalue weighted by Gasteiger charge is -2.40. The zero-order valence-electron chi connectivity index (χ0n) is 41.7. The molecule has 1 atom stereocenters. The van der Waals surface area contributed by atoms with Gasteiger partial charge >= 0.3 is 24.0 Å². The number of amides is 6. The molecule has 4 aliphatic rings. The number of nitrogens with zero attached hydrogens (tertiary/aromatic N) is 6. The van der Waals surface area contributed by atoms with Crippen LogP contribution in [0.2, 0.25) is 0 Å². The summed E-state index contributed by atoms with van der Waals surface area (Å²) in [6, 6.07) is 35.8. The van der Waals surface area contributed by atoms with Gasteiger partial charge in [0.05, 0.1) is 27.9 Å². The number of carbonyl (C=O) groups excluding carboxylic acids is 4. The van der Waals surface area contributed by atoms with Crippen LogP contribution in [0.3, 0.4) is 0 Å². The van der Waals surface area contributed by atoms with Gasteiger partial charge in [-0.1, -0.05) is 66.7 Å². The molecule has 6 amide bonds. The van der Waals surface area contributed by atoms with Crippen molar-refractivity contribution in [1.82, 2.24) is 9.80 Å². The van der Waals surface area contributed by atoms with Gasteiger partial charge in [0.1, 0.15) is 17.5 Å². The van der Waals surface area contributed by atoms with Gasteiger partial charge in [-0.3, -0.25) is 38.8 Å². The van der Waals surface area contributed by atoms with E-state index in [2.05, 4.69) is 0 Å². The number of hydrogen-bond acceptors (Lipinski definition) is 6. The van der Waals surface area contributed by atoms with Crippen molar-refractivity contribution in [2.24, 2.45) is 10.8 Å². The number of benzene rings is 6. The highest BCUT2D eigenvalue weighted by molar-refractivity contribution is 6.04. The second-order valence-corrected chi connectivity index (χ2v) is 20.3. The maximum atomic E-state index is 16.9. The number of urea groups is 2. The number of likely N-dealkylation sites (tertiary alicyclic amines) is 2. The second kappa shape index (κ2) is 20.7. The molecule has 0 aromatic heterocycles. The first kappa shape index (κ1) is 51.0. The van der Waals surface area contributed by atoms with Gasteiger partial charge in [0.15, 0.2) is 0 Å². The summed E-state index contributed by atoms with van der Waals surface area (Å²) in [5.41, 5.74) is 2.01. The summed E-state index contributed by atoms with van der Waals surface area (Å²) in [5, 5.41) is 21.4. The number of hydrogen-bond donors (Lipinski definition) is 2. The minimum atomic E-state index is -1.61. The molecule has 0 aliphatic carbocycles. The topological polar surface area (TPSA) is 162 Å². The Morgan fingerprint density at radius 1 is 0.553 bits per heavy atom. The van der Waals surface area contributed by atoms with Crippen LogP contribution >= 0.6 is 0 Å². The molecule has 2 fully saturated rings. The predicted molar refractivity (Wildman–Crippen MR) is 280 cm³/mol. The molecule has 10 rings (SSSR count). The van der Waals surface area contributed by atoms with Gasteiger partial charge in [-0.05, 0) is 134 Å². The average Bonchev–Trinajstić information content (AvgIpc) is 4.02. The van der Waals surface area contributed by atoms with E-state index in [4.69, 9.17) is 0 Å². The van der Waals surface area contributed by atoms with Crippen LogP contribution < -0.4 is 19.6 Å². The van der Waals surface area contributed by atoms with Crippen molar-refractivity contribution in [3.05, 3.63) is 179 Å². The van der Waals surface area contributed by atoms with Gasteiger partial charge in [-0.15, -0.1) is 0 Å². The predicted octanol–water partition coefficient (Wildman–Crippen LogP) is 10.8. The van der Waals surface area contributed by atoms with E-state index in [1.54, 1.807) is 69.3 Å². The van der Waals surface area contributed by atoms with E-state index < -0.39 is 76.8 Å². The largest absolute Gasteiger partial charge is 0.481 e. The van der Waals surface area contributed by atoms with Crippen LogP contribution in [0.1, 0.15) is 66.7 Å². The van der Waals surface area contributed by atoms with Gasteiger partial charge < -0.3 is 20.0 Å². The Balaban J connectivity index is 0.842. The Morgan fingerprint density at radius 3 is 1.66 bits per heavy atom. The summed E-state index contributed by atoms with van der Waals surface area (Å²) in [6.45, 7) is 2.75. The number of anilines is 6. The monoisotopic (exact) mass is 1030 g/mol. The van der Waals surface area contributed by atoms with Gasteiger partial charge in [0.2, 0.25) is 11.8 Å². The number of para-hydroxylation sites is 2. The van der Waals surface area contributed by atoms with Crippen LogP contribution in [0.25, 0.3) is 0 Å². The highest BCUT2D eigenvalue weighted by Crippen LogP contribution is 2.45. The Labute approximate surface area is 437 Å². The number of aryl methyl sites for hydroxylation is 1. The summed E-state index contributed by atoms with van der Waals surface area (Å²) in [7, 11) is 0. The minimum Gasteiger partial charge on any atom is -0.481 e. The Morgan fingerprint density at radius 2 is 1.09 bits per heavy atom. The smallest absolute Gasteiger partial charge is 0.324 e. The number of carboxylic acids is 2. The Kier molecular flexibility index (Phi) is 13.9. The van der Waals surface area contributed by atoms with Gasteiger partial charge in [0, 0.05) is 75.1 Å². The van der Waals surface area contributed by atoms with Crippen molar-refractivity contribution in [1.29, 1.82) is 0 Å². The van der Waals surface area contributed by atoms with Crippen LogP contribution in [-0.4, -0.2) is 95.1 Å². The van der Waals surface area contributed by atoms with Crippen LogP contribution in [0.15, 0.2) is 140 Å². The van der Waals surface area contributed by atoms with E-state index in [9.17, 15) is 47.8 Å². The number of halogens is 3. The minimum absolute atomic E-state index is 0.0149. The Bertz CT molecular complexity index is 3220. The van der Waals surface area contributed by atoms with Crippen molar-refractivity contribution in [3.8, 4) is 0 Å². The molecule has 4 heterocycles. The molecule has 0 radical (unpaired) electrons. The summed E-state index contributed by atoms with van der Waals surface area (Å²) in [5.74, 6) is -6.33. The number of rotatable bonds is 11. The quantitative estimate of drug-likeness (QED) is 0.130. The highest BCUT2D eigenvalue weighted by atomic mass is 19.1. The molecule has 17 heteroatoms. The van der Waals surface area contributed by atoms with E-state index >= 15 is 4.39 Å². The SMILES string of the molecule is Cc1ccc2c(c1)N(C(=O)N1CCC(CC(=O)N(c3ccccc3)c3ccc(C4CN(C(=O)N5CCC(CC(=O)N(c6cccc(F)c6)c6cccc(F)c6)(C(=O)O)CC5)c5ccccc54)cc3F)(C(=O)O)CC1)CC2. The maximum absolute atomic E-state index is 16.9. The molecule has 76 heavy (non-hydrogen) atoms. The van der Waals surface area contributed by atoms with E-state index in [1.807, 2.05) is 31.2 Å². The van der Waals surface area contributed by atoms with Crippen molar-refractivity contribution >= 4 is 69.9 Å². The lowest BCUT2D eigenvalue weighted by atomic mass is 9.75. The third-order valence-electron chi connectivity index (χ3n) is 15.7. The first-order valence-corrected chi connectivity index (χ1v) is 25.3. The molecule has 6 aromatic rings. The van der Waals surface area contributed by atoms with Crippen LogP contribution in [-0.2, 0) is 25.6 Å². The van der Waals surface area contributed by atoms with Gasteiger partial charge in [-0.2, -0.15) is 0 Å². The fraction of sp³-hybridized carbons (Fsp3) is 0.288. The summed E-state index contributed by atoms with van der Waals surface area (Å²) in [6.07, 6.45) is -0.415. The second-order valence-electron chi connectivity index (χ2n) is 20.3. The van der Waals surface area contributed by atoms with Crippen LogP contribution in [0, 0.1) is 35.2 Å². The maximum Gasteiger partial charge on any atom is 0.324 e. The first-order valence-electron chi connectivity index (χ1n) is 25.3. The van der Waals surface area contributed by atoms with E-state index in [0.29, 0.717) is 23.5 Å². The molecule has 0 bridgehead atoms. The zero-order valence-corrected chi connectivity index (χ0v) is 41.7. The molecule has 2 saturated heterocycles. The van der Waals surface area contributed by atoms with E-state index in [-0.39, 0.29) is 81.5 Å². The lowest BCUT2D eigenvalue weighted by molar-refractivity contribution is -0.154.